The lowest BCUT2D eigenvalue weighted by Crippen LogP contribution is -2.51. The predicted octanol–water partition coefficient (Wildman–Crippen LogP) is 8.51. The second-order valence-electron chi connectivity index (χ2n) is 12.2. The fraction of sp³-hybridized carbons (Fsp3) is 0.562. The second-order valence-corrected chi connectivity index (χ2v) is 17.0. The summed E-state index contributed by atoms with van der Waals surface area (Å²) in [6.07, 6.45) is 5.22. The number of hydrogen-bond acceptors (Lipinski definition) is 4. The molecule has 6 atom stereocenters. The maximum atomic E-state index is 7.17. The molecule has 3 rings (SSSR count). The Bertz CT molecular complexity index is 980. The van der Waals surface area contributed by atoms with E-state index in [1.807, 2.05) is 24.3 Å². The van der Waals surface area contributed by atoms with Crippen molar-refractivity contribution in [2.45, 2.75) is 84.6 Å². The Morgan fingerprint density at radius 3 is 2.27 bits per heavy atom. The summed E-state index contributed by atoms with van der Waals surface area (Å²) in [5.74, 6) is 1.68. The van der Waals surface area contributed by atoms with Crippen LogP contribution in [0.3, 0.4) is 0 Å². The molecule has 0 bridgehead atoms. The number of allylic oxidation sites excluding steroid dienone is 1. The topological polar surface area (TPSA) is 36.9 Å². The maximum Gasteiger partial charge on any atom is 0.192 e. The van der Waals surface area contributed by atoms with Crippen molar-refractivity contribution < 1.29 is 18.6 Å². The molecule has 0 unspecified atom stereocenters. The van der Waals surface area contributed by atoms with Crippen LogP contribution in [0.25, 0.3) is 6.08 Å². The lowest BCUT2D eigenvalue weighted by atomic mass is 9.82. The minimum absolute atomic E-state index is 0.0381. The van der Waals surface area contributed by atoms with E-state index in [9.17, 15) is 0 Å². The molecule has 204 valence electrons. The van der Waals surface area contributed by atoms with Gasteiger partial charge < -0.3 is 18.6 Å². The minimum Gasteiger partial charge on any atom is -0.497 e. The maximum absolute atomic E-state index is 7.17. The molecule has 0 N–H and O–H groups in total. The van der Waals surface area contributed by atoms with Gasteiger partial charge in [-0.2, -0.15) is 0 Å². The summed E-state index contributed by atoms with van der Waals surface area (Å²) in [5.41, 5.74) is 2.25. The molecule has 1 saturated heterocycles. The van der Waals surface area contributed by atoms with Gasteiger partial charge in [0.15, 0.2) is 14.6 Å². The largest absolute Gasteiger partial charge is 0.497 e. The van der Waals surface area contributed by atoms with Gasteiger partial charge in [0.1, 0.15) is 5.75 Å². The Hall–Kier alpha value is -1.92. The van der Waals surface area contributed by atoms with Crippen molar-refractivity contribution in [1.29, 1.82) is 0 Å². The SMILES string of the molecule is COc1ccc([C@H]2OC[C@H](C)[C@@H]([C@@H](C)[C@@H](O[Si](C)(C)C(C)(C)C)[C@H](C)C/C=C/c3ccccc3)O2)cc1. The molecule has 37 heavy (non-hydrogen) atoms. The second kappa shape index (κ2) is 12.7. The van der Waals surface area contributed by atoms with Crippen molar-refractivity contribution in [2.24, 2.45) is 17.8 Å². The molecule has 0 spiro atoms. The van der Waals surface area contributed by atoms with Gasteiger partial charge in [0.05, 0.1) is 25.9 Å². The van der Waals surface area contributed by atoms with Crippen LogP contribution < -0.4 is 4.74 Å². The molecule has 1 aliphatic rings. The van der Waals surface area contributed by atoms with Crippen LogP contribution in [0.5, 0.6) is 5.75 Å². The average molecular weight is 525 g/mol. The number of methoxy groups -OCH3 is 1. The molecular formula is C32H48O4Si. The van der Waals surface area contributed by atoms with E-state index in [2.05, 4.69) is 97.1 Å². The normalized spacial score (nSPS) is 23.5. The van der Waals surface area contributed by atoms with E-state index in [1.165, 1.54) is 5.56 Å². The lowest BCUT2D eigenvalue weighted by Gasteiger charge is -2.46. The molecule has 1 aliphatic heterocycles. The number of hydrogen-bond donors (Lipinski definition) is 0. The monoisotopic (exact) mass is 524 g/mol. The van der Waals surface area contributed by atoms with Gasteiger partial charge in [0, 0.05) is 17.4 Å². The fourth-order valence-corrected chi connectivity index (χ4v) is 6.27. The minimum atomic E-state index is -2.00. The Kier molecular flexibility index (Phi) is 10.2. The van der Waals surface area contributed by atoms with Gasteiger partial charge >= 0.3 is 0 Å². The van der Waals surface area contributed by atoms with Crippen molar-refractivity contribution in [2.75, 3.05) is 13.7 Å². The van der Waals surface area contributed by atoms with Crippen LogP contribution in [-0.4, -0.2) is 34.2 Å². The fourth-order valence-electron chi connectivity index (χ4n) is 4.79. The molecule has 0 aliphatic carbocycles. The molecule has 2 aromatic rings. The Morgan fingerprint density at radius 2 is 1.68 bits per heavy atom. The highest BCUT2D eigenvalue weighted by Crippen LogP contribution is 2.42. The van der Waals surface area contributed by atoms with Crippen LogP contribution in [-0.2, 0) is 13.9 Å². The highest BCUT2D eigenvalue weighted by molar-refractivity contribution is 6.74. The third-order valence-electron chi connectivity index (χ3n) is 8.19. The zero-order valence-corrected chi connectivity index (χ0v) is 25.4. The van der Waals surface area contributed by atoms with Gasteiger partial charge in [-0.1, -0.05) is 96.2 Å². The van der Waals surface area contributed by atoms with Crippen molar-refractivity contribution in [3.05, 3.63) is 71.8 Å². The van der Waals surface area contributed by atoms with Crippen molar-refractivity contribution in [1.82, 2.24) is 0 Å². The molecule has 2 aromatic carbocycles. The molecule has 4 nitrogen and oxygen atoms in total. The first-order valence-electron chi connectivity index (χ1n) is 13.7. The van der Waals surface area contributed by atoms with Crippen LogP contribution in [0, 0.1) is 17.8 Å². The number of ether oxygens (including phenoxy) is 3. The summed E-state index contributed by atoms with van der Waals surface area (Å²) >= 11 is 0. The van der Waals surface area contributed by atoms with E-state index in [1.54, 1.807) is 7.11 Å². The summed E-state index contributed by atoms with van der Waals surface area (Å²) in [4.78, 5) is 0. The smallest absolute Gasteiger partial charge is 0.192 e. The molecule has 0 amide bonds. The summed E-state index contributed by atoms with van der Waals surface area (Å²) in [6.45, 7) is 19.2. The van der Waals surface area contributed by atoms with Crippen LogP contribution in [0.15, 0.2) is 60.7 Å². The first-order valence-corrected chi connectivity index (χ1v) is 16.6. The highest BCUT2D eigenvalue weighted by Gasteiger charge is 2.44. The summed E-state index contributed by atoms with van der Waals surface area (Å²) in [7, 11) is -0.317. The summed E-state index contributed by atoms with van der Waals surface area (Å²) in [5, 5.41) is 0.137. The Morgan fingerprint density at radius 1 is 1.03 bits per heavy atom. The van der Waals surface area contributed by atoms with Gasteiger partial charge in [0.2, 0.25) is 0 Å². The van der Waals surface area contributed by atoms with Crippen molar-refractivity contribution in [3.8, 4) is 5.75 Å². The molecular weight excluding hydrogens is 476 g/mol. The number of rotatable bonds is 10. The van der Waals surface area contributed by atoms with Gasteiger partial charge in [-0.15, -0.1) is 0 Å². The van der Waals surface area contributed by atoms with E-state index in [0.29, 0.717) is 12.5 Å². The Balaban J connectivity index is 1.81. The van der Waals surface area contributed by atoms with Gasteiger partial charge in [-0.3, -0.25) is 0 Å². The number of benzene rings is 2. The standard InChI is InChI=1S/C32H48O4Si/c1-23(14-13-17-26-15-11-10-12-16-26)30(36-37(8,9)32(4,5)6)25(3)29-24(2)22-34-31(35-29)27-18-20-28(33-7)21-19-27/h10-13,15-21,23-25,29-31H,14,22H2,1-9H3/b17-13+/t23-,24+,25-,29+,30+,31+/m1/s1. The third-order valence-corrected chi connectivity index (χ3v) is 12.7. The van der Waals surface area contributed by atoms with Crippen LogP contribution in [0.1, 0.15) is 65.4 Å². The van der Waals surface area contributed by atoms with E-state index in [4.69, 9.17) is 18.6 Å². The van der Waals surface area contributed by atoms with Gasteiger partial charge in [-0.05, 0) is 48.2 Å². The molecule has 5 heteroatoms. The van der Waals surface area contributed by atoms with E-state index in [-0.39, 0.29) is 35.4 Å². The van der Waals surface area contributed by atoms with E-state index < -0.39 is 8.32 Å². The van der Waals surface area contributed by atoms with Gasteiger partial charge in [-0.25, -0.2) is 0 Å². The average Bonchev–Trinajstić information content (AvgIpc) is 2.87. The van der Waals surface area contributed by atoms with Crippen molar-refractivity contribution >= 4 is 14.4 Å². The Labute approximate surface area is 226 Å². The third kappa shape index (κ3) is 7.79. The van der Waals surface area contributed by atoms with Crippen LogP contribution in [0.2, 0.25) is 18.1 Å². The van der Waals surface area contributed by atoms with E-state index >= 15 is 0 Å². The molecule has 0 aromatic heterocycles. The zero-order valence-electron chi connectivity index (χ0n) is 24.4. The molecule has 1 heterocycles. The quantitative estimate of drug-likeness (QED) is 0.292. The first-order chi connectivity index (χ1) is 17.4. The molecule has 0 radical (unpaired) electrons. The highest BCUT2D eigenvalue weighted by atomic mass is 28.4. The van der Waals surface area contributed by atoms with Crippen molar-refractivity contribution in [3.63, 3.8) is 0 Å². The lowest BCUT2D eigenvalue weighted by molar-refractivity contribution is -0.256. The molecule has 1 fully saturated rings. The van der Waals surface area contributed by atoms with E-state index in [0.717, 1.165) is 17.7 Å². The summed E-state index contributed by atoms with van der Waals surface area (Å²) in [6, 6.07) is 18.5. The van der Waals surface area contributed by atoms with Crippen LogP contribution in [0.4, 0.5) is 0 Å². The summed E-state index contributed by atoms with van der Waals surface area (Å²) < 4.78 is 25.3. The first kappa shape index (κ1) is 29.6. The predicted molar refractivity (Wildman–Crippen MR) is 156 cm³/mol. The zero-order chi connectivity index (χ0) is 27.2. The van der Waals surface area contributed by atoms with Gasteiger partial charge in [0.25, 0.3) is 0 Å². The van der Waals surface area contributed by atoms with Crippen LogP contribution >= 0.6 is 0 Å². The molecule has 0 saturated carbocycles.